The fourth-order valence-corrected chi connectivity index (χ4v) is 0.144. The highest BCUT2D eigenvalue weighted by Gasteiger charge is 1.54. The molecule has 0 aliphatic rings. The van der Waals surface area contributed by atoms with Crippen LogP contribution in [0.3, 0.4) is 0 Å². The van der Waals surface area contributed by atoms with E-state index in [-0.39, 0.29) is 0 Å². The Balaban J connectivity index is 2.75. The molecule has 0 aliphatic carbocycles. The summed E-state index contributed by atoms with van der Waals surface area (Å²) in [6.45, 7) is 0. The number of terminal acetylenes is 1. The second-order valence-electron chi connectivity index (χ2n) is 0.575. The van der Waals surface area contributed by atoms with E-state index in [9.17, 15) is 0 Å². The smallest absolute Gasteiger partial charge is 0.0371 e. The minimum atomic E-state index is 0.606. The topological polar surface area (TPSA) is 0 Å². The van der Waals surface area contributed by atoms with E-state index in [4.69, 9.17) is 6.42 Å². The summed E-state index contributed by atoms with van der Waals surface area (Å²) in [4.78, 5) is 0. The van der Waals surface area contributed by atoms with Crippen molar-refractivity contribution < 1.29 is 0 Å². The first-order chi connectivity index (χ1) is 2.41. The summed E-state index contributed by atoms with van der Waals surface area (Å²) in [6, 6.07) is 0. The molecule has 0 heterocycles. The number of hydrogen-bond donors (Lipinski definition) is 0. The van der Waals surface area contributed by atoms with Crippen LogP contribution in [0.15, 0.2) is 0 Å². The van der Waals surface area contributed by atoms with Crippen LogP contribution in [0, 0.1) is 12.3 Å². The van der Waals surface area contributed by atoms with Gasteiger partial charge in [-0.25, -0.2) is 0 Å². The molecule has 0 amide bonds. The molecule has 0 bridgehead atoms. The number of rotatable bonds is 1. The van der Waals surface area contributed by atoms with Gasteiger partial charge >= 0.3 is 0 Å². The van der Waals surface area contributed by atoms with Crippen LogP contribution in [-0.2, 0) is 0 Å². The van der Waals surface area contributed by atoms with Crippen molar-refractivity contribution in [1.29, 1.82) is 0 Å². The molecule has 0 aromatic rings. The molecule has 0 aromatic carbocycles. The van der Waals surface area contributed by atoms with E-state index in [1.165, 1.54) is 5.37 Å². The molecule has 0 fully saturated rings. The van der Waals surface area contributed by atoms with E-state index in [2.05, 4.69) is 18.1 Å². The van der Waals surface area contributed by atoms with Gasteiger partial charge in [-0.15, -0.1) is 12.3 Å². The third-order valence-corrected chi connectivity index (χ3v) is 0.368. The van der Waals surface area contributed by atoms with E-state index in [1.54, 1.807) is 0 Å². The summed E-state index contributed by atoms with van der Waals surface area (Å²) in [6.07, 6.45) is 5.40. The van der Waals surface area contributed by atoms with Crippen molar-refractivity contribution in [2.75, 3.05) is 0 Å². The molecule has 0 nitrogen and oxygen atoms in total. The molecule has 0 unspecified atom stereocenters. The zero-order chi connectivity index (χ0) is 4.12. The van der Waals surface area contributed by atoms with E-state index < -0.39 is 0 Å². The van der Waals surface area contributed by atoms with E-state index in [1.807, 2.05) is 0 Å². The van der Waals surface area contributed by atoms with Crippen molar-refractivity contribution in [2.45, 2.75) is 6.42 Å². The Labute approximate surface area is 37.2 Å². The quantitative estimate of drug-likeness (QED) is 0.337. The van der Waals surface area contributed by atoms with Gasteiger partial charge in [-0.05, 0) is 5.37 Å². The zero-order valence-electron chi connectivity index (χ0n) is 2.77. The maximum absolute atomic E-state index is 4.79. The fraction of sp³-hybridized carbons (Fsp3) is 0.250. The Bertz CT molecular complexity index is 58.5. The van der Waals surface area contributed by atoms with Gasteiger partial charge in [0.25, 0.3) is 0 Å². The molecular weight excluding hydrogens is 80.1 g/mol. The molecule has 0 saturated carbocycles. The van der Waals surface area contributed by atoms with Gasteiger partial charge in [-0.2, -0.15) is 0 Å². The lowest BCUT2D eigenvalue weighted by Gasteiger charge is -1.58. The van der Waals surface area contributed by atoms with Gasteiger partial charge < -0.3 is 0 Å². The maximum atomic E-state index is 4.79. The summed E-state index contributed by atoms with van der Waals surface area (Å²) in [7, 11) is 0. The Morgan fingerprint density at radius 3 is 2.60 bits per heavy atom. The summed E-state index contributed by atoms with van der Waals surface area (Å²) >= 11 is 4.38. The van der Waals surface area contributed by atoms with Crippen LogP contribution in [0.1, 0.15) is 6.42 Å². The van der Waals surface area contributed by atoms with Crippen molar-refractivity contribution in [3.05, 3.63) is 0 Å². The van der Waals surface area contributed by atoms with Crippen LogP contribution < -0.4 is 0 Å². The van der Waals surface area contributed by atoms with E-state index in [0.29, 0.717) is 6.42 Å². The van der Waals surface area contributed by atoms with Gasteiger partial charge in [0.15, 0.2) is 0 Å². The standard InChI is InChI=1S/C4H4S/c1-2-3-4-5/h1,4H,3H2. The lowest BCUT2D eigenvalue weighted by atomic mass is 10.5. The minimum absolute atomic E-state index is 0.606. The van der Waals surface area contributed by atoms with Crippen molar-refractivity contribution in [3.63, 3.8) is 0 Å². The molecule has 0 spiro atoms. The van der Waals surface area contributed by atoms with Crippen molar-refractivity contribution in [2.24, 2.45) is 0 Å². The minimum Gasteiger partial charge on any atom is -0.120 e. The lowest BCUT2D eigenvalue weighted by molar-refractivity contribution is 1.70. The highest BCUT2D eigenvalue weighted by molar-refractivity contribution is 7.79. The van der Waals surface area contributed by atoms with Crippen molar-refractivity contribution in [1.82, 2.24) is 0 Å². The molecule has 0 aliphatic heterocycles. The molecular formula is C4H4S. The fourth-order valence-electron chi connectivity index (χ4n) is 0.0481. The Hall–Kier alpha value is -0.350. The van der Waals surface area contributed by atoms with Gasteiger partial charge in [0.2, 0.25) is 0 Å². The van der Waals surface area contributed by atoms with Crippen LogP contribution in [-0.4, -0.2) is 5.37 Å². The molecule has 0 rings (SSSR count). The van der Waals surface area contributed by atoms with Crippen LogP contribution in [0.5, 0.6) is 0 Å². The van der Waals surface area contributed by atoms with Crippen molar-refractivity contribution in [3.8, 4) is 12.3 Å². The highest BCUT2D eigenvalue weighted by Crippen LogP contribution is 1.60. The first kappa shape index (κ1) is 4.65. The molecule has 1 heteroatoms. The third-order valence-electron chi connectivity index (χ3n) is 0.201. The lowest BCUT2D eigenvalue weighted by Crippen LogP contribution is -1.55. The molecule has 26 valence electrons. The first-order valence-electron chi connectivity index (χ1n) is 1.29. The second-order valence-corrected chi connectivity index (χ2v) is 0.908. The summed E-state index contributed by atoms with van der Waals surface area (Å²) in [5, 5.41) is 1.53. The molecule has 5 heavy (non-hydrogen) atoms. The monoisotopic (exact) mass is 84.0 g/mol. The summed E-state index contributed by atoms with van der Waals surface area (Å²) in [5.74, 6) is 2.36. The van der Waals surface area contributed by atoms with Crippen molar-refractivity contribution >= 4 is 17.6 Å². The summed E-state index contributed by atoms with van der Waals surface area (Å²) < 4.78 is 0. The third kappa shape index (κ3) is 3.65. The molecule has 0 atom stereocenters. The Morgan fingerprint density at radius 2 is 2.60 bits per heavy atom. The van der Waals surface area contributed by atoms with Crippen LogP contribution >= 0.6 is 12.2 Å². The molecule has 0 aromatic heterocycles. The molecule has 0 saturated heterocycles. The average Bonchev–Trinajstić information content (AvgIpc) is 1.41. The SMILES string of the molecule is C#CCC=S. The van der Waals surface area contributed by atoms with Gasteiger partial charge in [0.05, 0.1) is 0 Å². The normalized spacial score (nSPS) is 5.40. The molecule has 0 radical (unpaired) electrons. The number of thiocarbonyl (C=S) groups is 1. The van der Waals surface area contributed by atoms with Crippen LogP contribution in [0.2, 0.25) is 0 Å². The van der Waals surface area contributed by atoms with Gasteiger partial charge in [0.1, 0.15) is 0 Å². The predicted molar refractivity (Wildman–Crippen MR) is 27.1 cm³/mol. The van der Waals surface area contributed by atoms with E-state index in [0.717, 1.165) is 0 Å². The Kier molecular flexibility index (Phi) is 3.39. The van der Waals surface area contributed by atoms with Gasteiger partial charge in [0, 0.05) is 6.42 Å². The van der Waals surface area contributed by atoms with Gasteiger partial charge in [-0.1, -0.05) is 12.2 Å². The Morgan fingerprint density at radius 1 is 2.00 bits per heavy atom. The predicted octanol–water partition coefficient (Wildman–Crippen LogP) is 1.01. The highest BCUT2D eigenvalue weighted by atomic mass is 32.1. The second kappa shape index (κ2) is 3.65. The zero-order valence-corrected chi connectivity index (χ0v) is 3.59. The number of hydrogen-bond acceptors (Lipinski definition) is 1. The summed E-state index contributed by atoms with van der Waals surface area (Å²) in [5.41, 5.74) is 0. The average molecular weight is 84.1 g/mol. The first-order valence-corrected chi connectivity index (χ1v) is 1.76. The van der Waals surface area contributed by atoms with E-state index >= 15 is 0 Å². The van der Waals surface area contributed by atoms with Crippen LogP contribution in [0.4, 0.5) is 0 Å². The maximum Gasteiger partial charge on any atom is 0.0371 e. The van der Waals surface area contributed by atoms with Gasteiger partial charge in [-0.3, -0.25) is 0 Å². The largest absolute Gasteiger partial charge is 0.120 e. The molecule has 0 N–H and O–H groups in total. The van der Waals surface area contributed by atoms with Crippen LogP contribution in [0.25, 0.3) is 0 Å².